The number of anilines is 3. The summed E-state index contributed by atoms with van der Waals surface area (Å²) in [6.45, 7) is 11.3. The standard InChI is InChI=1S/C21H30N2S/c1-15(2)13-17(5)22-19-11-12-20(21(14-19)24-16(3)4)23-18-9-7-6-8-10-18/h6-12,14-17,22-23H,13H2,1-5H3. The molecule has 0 heterocycles. The molecule has 2 nitrogen and oxygen atoms in total. The normalized spacial score (nSPS) is 12.5. The van der Waals surface area contributed by atoms with Crippen LogP contribution in [-0.2, 0) is 0 Å². The molecule has 0 amide bonds. The van der Waals surface area contributed by atoms with Gasteiger partial charge < -0.3 is 10.6 Å². The molecule has 130 valence electrons. The number of hydrogen-bond donors (Lipinski definition) is 2. The van der Waals surface area contributed by atoms with Gasteiger partial charge in [-0.15, -0.1) is 11.8 Å². The Morgan fingerprint density at radius 1 is 0.875 bits per heavy atom. The first-order valence-corrected chi connectivity index (χ1v) is 9.71. The molecule has 2 N–H and O–H groups in total. The number of rotatable bonds is 8. The lowest BCUT2D eigenvalue weighted by Crippen LogP contribution is -2.17. The summed E-state index contributed by atoms with van der Waals surface area (Å²) < 4.78 is 0. The SMILES string of the molecule is CC(C)CC(C)Nc1ccc(Nc2ccccc2)c(SC(C)C)c1. The molecule has 0 aliphatic carbocycles. The van der Waals surface area contributed by atoms with Gasteiger partial charge in [0.2, 0.25) is 0 Å². The van der Waals surface area contributed by atoms with E-state index in [1.807, 2.05) is 17.8 Å². The molecule has 0 fully saturated rings. The molecule has 0 aliphatic heterocycles. The first-order chi connectivity index (χ1) is 11.4. The van der Waals surface area contributed by atoms with Crippen molar-refractivity contribution in [2.45, 2.75) is 57.2 Å². The summed E-state index contributed by atoms with van der Waals surface area (Å²) in [5, 5.41) is 7.72. The number of hydrogen-bond acceptors (Lipinski definition) is 3. The summed E-state index contributed by atoms with van der Waals surface area (Å²) in [5.74, 6) is 0.705. The highest BCUT2D eigenvalue weighted by molar-refractivity contribution is 8.00. The molecule has 1 unspecified atom stereocenters. The maximum atomic E-state index is 3.64. The molecule has 0 aromatic heterocycles. The highest BCUT2D eigenvalue weighted by Crippen LogP contribution is 2.35. The molecule has 24 heavy (non-hydrogen) atoms. The van der Waals surface area contributed by atoms with Crippen LogP contribution in [0.15, 0.2) is 53.4 Å². The van der Waals surface area contributed by atoms with E-state index >= 15 is 0 Å². The fourth-order valence-corrected chi connectivity index (χ4v) is 3.74. The van der Waals surface area contributed by atoms with Crippen LogP contribution in [0.2, 0.25) is 0 Å². The van der Waals surface area contributed by atoms with E-state index in [2.05, 4.69) is 87.7 Å². The zero-order chi connectivity index (χ0) is 17.5. The molecule has 2 aromatic carbocycles. The molecule has 0 saturated carbocycles. The molecule has 2 rings (SSSR count). The summed E-state index contributed by atoms with van der Waals surface area (Å²) in [6.07, 6.45) is 1.18. The van der Waals surface area contributed by atoms with E-state index in [1.54, 1.807) is 0 Å². The lowest BCUT2D eigenvalue weighted by atomic mass is 10.1. The van der Waals surface area contributed by atoms with Gasteiger partial charge in [0.05, 0.1) is 5.69 Å². The lowest BCUT2D eigenvalue weighted by Gasteiger charge is -2.20. The van der Waals surface area contributed by atoms with Crippen LogP contribution in [0.1, 0.15) is 41.0 Å². The zero-order valence-corrected chi connectivity index (χ0v) is 16.3. The highest BCUT2D eigenvalue weighted by Gasteiger charge is 2.10. The van der Waals surface area contributed by atoms with Crippen molar-refractivity contribution in [3.05, 3.63) is 48.5 Å². The van der Waals surface area contributed by atoms with Crippen molar-refractivity contribution in [2.24, 2.45) is 5.92 Å². The largest absolute Gasteiger partial charge is 0.383 e. The zero-order valence-electron chi connectivity index (χ0n) is 15.5. The van der Waals surface area contributed by atoms with Crippen molar-refractivity contribution in [2.75, 3.05) is 10.6 Å². The maximum absolute atomic E-state index is 3.64. The lowest BCUT2D eigenvalue weighted by molar-refractivity contribution is 0.540. The van der Waals surface area contributed by atoms with E-state index < -0.39 is 0 Å². The second-order valence-corrected chi connectivity index (χ2v) is 8.66. The number of benzene rings is 2. The van der Waals surface area contributed by atoms with Gasteiger partial charge in [0, 0.05) is 27.6 Å². The van der Waals surface area contributed by atoms with Gasteiger partial charge in [-0.25, -0.2) is 0 Å². The Hall–Kier alpha value is -1.61. The number of para-hydroxylation sites is 1. The molecule has 0 spiro atoms. The van der Waals surface area contributed by atoms with Crippen molar-refractivity contribution in [1.82, 2.24) is 0 Å². The van der Waals surface area contributed by atoms with Crippen LogP contribution in [0.4, 0.5) is 17.1 Å². The first kappa shape index (κ1) is 18.7. The van der Waals surface area contributed by atoms with Crippen molar-refractivity contribution in [3.8, 4) is 0 Å². The van der Waals surface area contributed by atoms with E-state index in [-0.39, 0.29) is 0 Å². The van der Waals surface area contributed by atoms with Crippen molar-refractivity contribution < 1.29 is 0 Å². The molecular weight excluding hydrogens is 312 g/mol. The summed E-state index contributed by atoms with van der Waals surface area (Å²) in [7, 11) is 0. The number of nitrogens with one attached hydrogen (secondary N) is 2. The molecular formula is C21H30N2S. The van der Waals surface area contributed by atoms with Crippen LogP contribution >= 0.6 is 11.8 Å². The van der Waals surface area contributed by atoms with Crippen LogP contribution in [0, 0.1) is 5.92 Å². The Balaban J connectivity index is 2.18. The maximum Gasteiger partial charge on any atom is 0.0524 e. The molecule has 0 saturated heterocycles. The first-order valence-electron chi connectivity index (χ1n) is 8.83. The predicted octanol–water partition coefficient (Wildman–Crippen LogP) is 6.78. The van der Waals surface area contributed by atoms with Gasteiger partial charge in [-0.1, -0.05) is 45.9 Å². The quantitative estimate of drug-likeness (QED) is 0.517. The summed E-state index contributed by atoms with van der Waals surface area (Å²) in [5.41, 5.74) is 3.49. The van der Waals surface area contributed by atoms with Crippen LogP contribution < -0.4 is 10.6 Å². The second-order valence-electron chi connectivity index (χ2n) is 7.04. The van der Waals surface area contributed by atoms with E-state index in [1.165, 1.54) is 22.7 Å². The average Bonchev–Trinajstić information content (AvgIpc) is 2.49. The van der Waals surface area contributed by atoms with E-state index in [9.17, 15) is 0 Å². The summed E-state index contributed by atoms with van der Waals surface area (Å²) in [6, 6.07) is 17.5. The summed E-state index contributed by atoms with van der Waals surface area (Å²) >= 11 is 1.90. The third kappa shape index (κ3) is 6.12. The third-order valence-electron chi connectivity index (χ3n) is 3.64. The van der Waals surface area contributed by atoms with Crippen LogP contribution in [-0.4, -0.2) is 11.3 Å². The minimum atomic E-state index is 0.481. The Morgan fingerprint density at radius 3 is 2.21 bits per heavy atom. The van der Waals surface area contributed by atoms with Gasteiger partial charge in [0.25, 0.3) is 0 Å². The molecule has 0 radical (unpaired) electrons. The molecule has 0 aliphatic rings. The van der Waals surface area contributed by atoms with Gasteiger partial charge in [-0.2, -0.15) is 0 Å². The fourth-order valence-electron chi connectivity index (χ4n) is 2.79. The second kappa shape index (κ2) is 9.03. The molecule has 1 atom stereocenters. The number of thioether (sulfide) groups is 1. The van der Waals surface area contributed by atoms with Crippen LogP contribution in [0.5, 0.6) is 0 Å². The van der Waals surface area contributed by atoms with Gasteiger partial charge in [-0.05, 0) is 49.6 Å². The third-order valence-corrected chi connectivity index (χ3v) is 4.70. The topological polar surface area (TPSA) is 24.1 Å². The fraction of sp³-hybridized carbons (Fsp3) is 0.429. The minimum Gasteiger partial charge on any atom is -0.383 e. The smallest absolute Gasteiger partial charge is 0.0524 e. The molecule has 2 aromatic rings. The van der Waals surface area contributed by atoms with Crippen LogP contribution in [0.3, 0.4) is 0 Å². The van der Waals surface area contributed by atoms with Gasteiger partial charge >= 0.3 is 0 Å². The van der Waals surface area contributed by atoms with E-state index in [0.29, 0.717) is 17.2 Å². The van der Waals surface area contributed by atoms with Crippen molar-refractivity contribution >= 4 is 28.8 Å². The average molecular weight is 343 g/mol. The Labute approximate surface area is 151 Å². The summed E-state index contributed by atoms with van der Waals surface area (Å²) in [4.78, 5) is 1.29. The Kier molecular flexibility index (Phi) is 7.04. The van der Waals surface area contributed by atoms with E-state index in [0.717, 1.165) is 5.69 Å². The highest BCUT2D eigenvalue weighted by atomic mass is 32.2. The Morgan fingerprint density at radius 2 is 1.58 bits per heavy atom. The van der Waals surface area contributed by atoms with Gasteiger partial charge in [-0.3, -0.25) is 0 Å². The van der Waals surface area contributed by atoms with Crippen molar-refractivity contribution in [1.29, 1.82) is 0 Å². The monoisotopic (exact) mass is 342 g/mol. The van der Waals surface area contributed by atoms with Crippen LogP contribution in [0.25, 0.3) is 0 Å². The minimum absolute atomic E-state index is 0.481. The Bertz CT molecular complexity index is 623. The predicted molar refractivity (Wildman–Crippen MR) is 110 cm³/mol. The van der Waals surface area contributed by atoms with E-state index in [4.69, 9.17) is 0 Å². The molecule has 0 bridgehead atoms. The van der Waals surface area contributed by atoms with Gasteiger partial charge in [0.1, 0.15) is 0 Å². The van der Waals surface area contributed by atoms with Gasteiger partial charge in [0.15, 0.2) is 0 Å². The van der Waals surface area contributed by atoms with Crippen molar-refractivity contribution in [3.63, 3.8) is 0 Å². The molecule has 3 heteroatoms.